The molecule has 1 unspecified atom stereocenters. The van der Waals surface area contributed by atoms with Gasteiger partial charge in [0.15, 0.2) is 0 Å². The van der Waals surface area contributed by atoms with Crippen LogP contribution in [0.15, 0.2) is 30.3 Å². The highest BCUT2D eigenvalue weighted by molar-refractivity contribution is 5.14. The molecule has 2 heteroatoms. The molecule has 16 heavy (non-hydrogen) atoms. The standard InChI is InChI=1S/C14H21NO/c1-2-5-13(6-3-1)7-4-10-16-12-14-8-9-15-11-14/h1-3,5-6,14-15H,4,7-12H2. The lowest BCUT2D eigenvalue weighted by Gasteiger charge is -2.09. The zero-order chi connectivity index (χ0) is 11.1. The van der Waals surface area contributed by atoms with Crippen molar-refractivity contribution < 1.29 is 4.74 Å². The molecule has 1 fully saturated rings. The van der Waals surface area contributed by atoms with Crippen LogP contribution in [0.1, 0.15) is 18.4 Å². The first-order valence-electron chi connectivity index (χ1n) is 6.27. The molecule has 0 saturated carbocycles. The summed E-state index contributed by atoms with van der Waals surface area (Å²) in [5.74, 6) is 0.747. The summed E-state index contributed by atoms with van der Waals surface area (Å²) >= 11 is 0. The second-order valence-corrected chi connectivity index (χ2v) is 4.52. The predicted octanol–water partition coefficient (Wildman–Crippen LogP) is 2.25. The fourth-order valence-electron chi connectivity index (χ4n) is 2.13. The van der Waals surface area contributed by atoms with Crippen molar-refractivity contribution in [3.63, 3.8) is 0 Å². The Morgan fingerprint density at radius 1 is 1.25 bits per heavy atom. The zero-order valence-electron chi connectivity index (χ0n) is 9.82. The third kappa shape index (κ3) is 3.95. The van der Waals surface area contributed by atoms with Crippen LogP contribution in [-0.2, 0) is 11.2 Å². The Bertz CT molecular complexity index is 280. The Labute approximate surface area is 98.0 Å². The Hall–Kier alpha value is -0.860. The first-order valence-corrected chi connectivity index (χ1v) is 6.27. The van der Waals surface area contributed by atoms with Crippen molar-refractivity contribution in [2.24, 2.45) is 5.92 Å². The monoisotopic (exact) mass is 219 g/mol. The molecule has 0 aliphatic carbocycles. The molecule has 88 valence electrons. The van der Waals surface area contributed by atoms with Gasteiger partial charge >= 0.3 is 0 Å². The van der Waals surface area contributed by atoms with Crippen LogP contribution in [0.4, 0.5) is 0 Å². The second kappa shape index (κ2) is 6.66. The highest BCUT2D eigenvalue weighted by Gasteiger charge is 2.13. The molecule has 2 rings (SSSR count). The van der Waals surface area contributed by atoms with E-state index in [0.29, 0.717) is 0 Å². The molecule has 1 aromatic carbocycles. The highest BCUT2D eigenvalue weighted by atomic mass is 16.5. The highest BCUT2D eigenvalue weighted by Crippen LogP contribution is 2.08. The lowest BCUT2D eigenvalue weighted by Crippen LogP contribution is -2.14. The Kier molecular flexibility index (Phi) is 4.84. The normalized spacial score (nSPS) is 20.1. The summed E-state index contributed by atoms with van der Waals surface area (Å²) in [4.78, 5) is 0. The average molecular weight is 219 g/mol. The predicted molar refractivity (Wildman–Crippen MR) is 66.6 cm³/mol. The molecule has 0 spiro atoms. The minimum Gasteiger partial charge on any atom is -0.381 e. The van der Waals surface area contributed by atoms with Gasteiger partial charge in [-0.1, -0.05) is 30.3 Å². The molecule has 1 atom stereocenters. The molecular formula is C14H21NO. The third-order valence-electron chi connectivity index (χ3n) is 3.11. The maximum Gasteiger partial charge on any atom is 0.0506 e. The van der Waals surface area contributed by atoms with Gasteiger partial charge in [0.25, 0.3) is 0 Å². The van der Waals surface area contributed by atoms with Crippen LogP contribution >= 0.6 is 0 Å². The summed E-state index contributed by atoms with van der Waals surface area (Å²) in [5, 5.41) is 3.36. The van der Waals surface area contributed by atoms with Gasteiger partial charge in [0.2, 0.25) is 0 Å². The summed E-state index contributed by atoms with van der Waals surface area (Å²) in [6, 6.07) is 10.6. The molecule has 1 N–H and O–H groups in total. The molecule has 1 heterocycles. The zero-order valence-corrected chi connectivity index (χ0v) is 9.82. The first kappa shape index (κ1) is 11.6. The van der Waals surface area contributed by atoms with E-state index in [9.17, 15) is 0 Å². The fraction of sp³-hybridized carbons (Fsp3) is 0.571. The van der Waals surface area contributed by atoms with E-state index in [1.807, 2.05) is 0 Å². The summed E-state index contributed by atoms with van der Waals surface area (Å²) < 4.78 is 5.70. The number of nitrogens with one attached hydrogen (secondary N) is 1. The summed E-state index contributed by atoms with van der Waals surface area (Å²) in [6.07, 6.45) is 3.53. The van der Waals surface area contributed by atoms with Gasteiger partial charge in [-0.05, 0) is 37.3 Å². The molecule has 1 aliphatic rings. The van der Waals surface area contributed by atoms with E-state index in [1.165, 1.54) is 12.0 Å². The summed E-state index contributed by atoms with van der Waals surface area (Å²) in [5.41, 5.74) is 1.41. The number of hydrogen-bond donors (Lipinski definition) is 1. The molecule has 0 aromatic heterocycles. The Morgan fingerprint density at radius 3 is 2.88 bits per heavy atom. The summed E-state index contributed by atoms with van der Waals surface area (Å²) in [6.45, 7) is 4.13. The van der Waals surface area contributed by atoms with Crippen molar-refractivity contribution in [1.29, 1.82) is 0 Å². The van der Waals surface area contributed by atoms with Gasteiger partial charge in [0, 0.05) is 13.2 Å². The molecule has 0 radical (unpaired) electrons. The summed E-state index contributed by atoms with van der Waals surface area (Å²) in [7, 11) is 0. The molecular weight excluding hydrogens is 198 g/mol. The van der Waals surface area contributed by atoms with Crippen LogP contribution in [0.25, 0.3) is 0 Å². The Balaban J connectivity index is 1.52. The maximum atomic E-state index is 5.70. The minimum atomic E-state index is 0.747. The number of benzene rings is 1. The molecule has 1 aromatic rings. The first-order chi connectivity index (χ1) is 7.95. The van der Waals surface area contributed by atoms with Crippen LogP contribution in [-0.4, -0.2) is 26.3 Å². The molecule has 0 amide bonds. The van der Waals surface area contributed by atoms with E-state index >= 15 is 0 Å². The van der Waals surface area contributed by atoms with E-state index < -0.39 is 0 Å². The van der Waals surface area contributed by atoms with Crippen LogP contribution in [0.2, 0.25) is 0 Å². The van der Waals surface area contributed by atoms with E-state index in [4.69, 9.17) is 4.74 Å². The lowest BCUT2D eigenvalue weighted by atomic mass is 10.1. The van der Waals surface area contributed by atoms with Gasteiger partial charge in [0.1, 0.15) is 0 Å². The van der Waals surface area contributed by atoms with Gasteiger partial charge in [0.05, 0.1) is 6.61 Å². The Morgan fingerprint density at radius 2 is 2.12 bits per heavy atom. The van der Waals surface area contributed by atoms with Gasteiger partial charge in [-0.25, -0.2) is 0 Å². The number of ether oxygens (including phenoxy) is 1. The number of rotatable bonds is 6. The van der Waals surface area contributed by atoms with Crippen molar-refractivity contribution in [2.45, 2.75) is 19.3 Å². The minimum absolute atomic E-state index is 0.747. The lowest BCUT2D eigenvalue weighted by molar-refractivity contribution is 0.103. The van der Waals surface area contributed by atoms with Gasteiger partial charge in [-0.2, -0.15) is 0 Å². The fourth-order valence-corrected chi connectivity index (χ4v) is 2.13. The van der Waals surface area contributed by atoms with Crippen LogP contribution < -0.4 is 5.32 Å². The SMILES string of the molecule is c1ccc(CCCOCC2CCNC2)cc1. The van der Waals surface area contributed by atoms with Crippen molar-refractivity contribution in [1.82, 2.24) is 5.32 Å². The van der Waals surface area contributed by atoms with Crippen molar-refractivity contribution in [3.8, 4) is 0 Å². The topological polar surface area (TPSA) is 21.3 Å². The molecule has 1 saturated heterocycles. The van der Waals surface area contributed by atoms with Gasteiger partial charge < -0.3 is 10.1 Å². The van der Waals surface area contributed by atoms with Gasteiger partial charge in [-0.3, -0.25) is 0 Å². The maximum absolute atomic E-state index is 5.70. The second-order valence-electron chi connectivity index (χ2n) is 4.52. The molecule has 0 bridgehead atoms. The van der Waals surface area contributed by atoms with E-state index in [2.05, 4.69) is 35.6 Å². The molecule has 1 aliphatic heterocycles. The van der Waals surface area contributed by atoms with Crippen LogP contribution in [0.3, 0.4) is 0 Å². The third-order valence-corrected chi connectivity index (χ3v) is 3.11. The van der Waals surface area contributed by atoms with Crippen molar-refractivity contribution in [2.75, 3.05) is 26.3 Å². The van der Waals surface area contributed by atoms with Crippen molar-refractivity contribution >= 4 is 0 Å². The molecule has 2 nitrogen and oxygen atoms in total. The van der Waals surface area contributed by atoms with Crippen LogP contribution in [0.5, 0.6) is 0 Å². The van der Waals surface area contributed by atoms with E-state index in [0.717, 1.165) is 45.1 Å². The largest absolute Gasteiger partial charge is 0.381 e. The van der Waals surface area contributed by atoms with Crippen LogP contribution in [0, 0.1) is 5.92 Å². The van der Waals surface area contributed by atoms with E-state index in [1.54, 1.807) is 0 Å². The van der Waals surface area contributed by atoms with Crippen molar-refractivity contribution in [3.05, 3.63) is 35.9 Å². The van der Waals surface area contributed by atoms with E-state index in [-0.39, 0.29) is 0 Å². The van der Waals surface area contributed by atoms with Gasteiger partial charge in [-0.15, -0.1) is 0 Å². The number of hydrogen-bond acceptors (Lipinski definition) is 2. The smallest absolute Gasteiger partial charge is 0.0506 e. The average Bonchev–Trinajstić information content (AvgIpc) is 2.83. The quantitative estimate of drug-likeness (QED) is 0.741. The number of aryl methyl sites for hydroxylation is 1.